The summed E-state index contributed by atoms with van der Waals surface area (Å²) in [5.41, 5.74) is 18.2. The molecule has 0 radical (unpaired) electrons. The summed E-state index contributed by atoms with van der Waals surface area (Å²) in [6.07, 6.45) is 8.24. The Hall–Kier alpha value is -9.84. The molecule has 0 aliphatic carbocycles. The lowest BCUT2D eigenvalue weighted by Crippen LogP contribution is -2.10. The Morgan fingerprint density at radius 2 is 0.887 bits per heavy atom. The van der Waals surface area contributed by atoms with Gasteiger partial charge in [-0.25, -0.2) is 0 Å². The molecule has 0 spiro atoms. The minimum Gasteiger partial charge on any atom is -0.454 e. The number of hydrogen-bond donors (Lipinski definition) is 0. The van der Waals surface area contributed by atoms with Crippen molar-refractivity contribution in [2.75, 3.05) is 9.80 Å². The van der Waals surface area contributed by atoms with Crippen molar-refractivity contribution >= 4 is 143 Å². The highest BCUT2D eigenvalue weighted by molar-refractivity contribution is 6.27. The van der Waals surface area contributed by atoms with Crippen LogP contribution in [0.2, 0.25) is 0 Å². The zero-order valence-corrected chi connectivity index (χ0v) is 45.5. The van der Waals surface area contributed by atoms with Gasteiger partial charge in [-0.05, 0) is 172 Å². The Bertz CT molecular complexity index is 4750. The number of aromatic nitrogens is 1. The van der Waals surface area contributed by atoms with Crippen LogP contribution >= 0.6 is 0 Å². The molecule has 5 nitrogen and oxygen atoms in total. The molecular weight excluding hydrogens is 975 g/mol. The van der Waals surface area contributed by atoms with Gasteiger partial charge in [-0.15, -0.1) is 0 Å². The number of allylic oxidation sites excluding steroid dienone is 5. The fourth-order valence-corrected chi connectivity index (χ4v) is 12.7. The monoisotopic (exact) mass is 1030 g/mol. The zero-order valence-electron chi connectivity index (χ0n) is 45.5. The van der Waals surface area contributed by atoms with Crippen LogP contribution < -0.4 is 9.80 Å². The van der Waals surface area contributed by atoms with Gasteiger partial charge in [0, 0.05) is 65.8 Å². The highest BCUT2D eigenvalue weighted by atomic mass is 16.3. The van der Waals surface area contributed by atoms with E-state index in [1.54, 1.807) is 0 Å². The summed E-state index contributed by atoms with van der Waals surface area (Å²) >= 11 is 0. The van der Waals surface area contributed by atoms with Crippen LogP contribution in [-0.4, -0.2) is 4.40 Å². The van der Waals surface area contributed by atoms with Crippen molar-refractivity contribution in [3.8, 4) is 0 Å². The molecule has 0 fully saturated rings. The van der Waals surface area contributed by atoms with Gasteiger partial charge in [-0.3, -0.25) is 0 Å². The van der Waals surface area contributed by atoms with Crippen LogP contribution in [0.4, 0.5) is 34.1 Å². The summed E-state index contributed by atoms with van der Waals surface area (Å²) in [6, 6.07) is 76.0. The van der Waals surface area contributed by atoms with E-state index in [1.807, 2.05) is 24.3 Å². The van der Waals surface area contributed by atoms with E-state index >= 15 is 0 Å². The van der Waals surface area contributed by atoms with Crippen LogP contribution in [0.25, 0.3) is 109 Å². The number of fused-ring (bicyclic) bond motifs is 14. The summed E-state index contributed by atoms with van der Waals surface area (Å²) in [4.78, 5) is 4.73. The van der Waals surface area contributed by atoms with Gasteiger partial charge in [0.2, 0.25) is 0 Å². The van der Waals surface area contributed by atoms with Gasteiger partial charge in [0.15, 0.2) is 11.2 Å². The molecule has 0 aliphatic heterocycles. The van der Waals surface area contributed by atoms with E-state index in [1.165, 1.54) is 54.5 Å². The van der Waals surface area contributed by atoms with Crippen LogP contribution in [0.3, 0.4) is 0 Å². The van der Waals surface area contributed by atoms with Gasteiger partial charge in [0.1, 0.15) is 11.2 Å². The van der Waals surface area contributed by atoms with E-state index in [0.29, 0.717) is 11.8 Å². The third-order valence-corrected chi connectivity index (χ3v) is 16.7. The number of anilines is 6. The van der Waals surface area contributed by atoms with Crippen molar-refractivity contribution in [1.29, 1.82) is 0 Å². The van der Waals surface area contributed by atoms with Crippen molar-refractivity contribution in [2.45, 2.75) is 46.5 Å². The largest absolute Gasteiger partial charge is 0.454 e. The Balaban J connectivity index is 0.962. The topological polar surface area (TPSA) is 37.2 Å². The SMILES string of the molecule is C=C/C=C\C(=C/C)c1cc2c3cc4ccc(N(c5ccc(C(C)C)cc5)c5cccc6c5oc5ccccc56)cc4cc3n3c4cc5cc(N(c6ccc(C(C)C)cc6)c6cccc7c6oc6ccccc67)ccc5cc4c(c1)c23. The van der Waals surface area contributed by atoms with Crippen molar-refractivity contribution < 1.29 is 8.83 Å². The second-order valence-electron chi connectivity index (χ2n) is 22.1. The van der Waals surface area contributed by atoms with Crippen LogP contribution in [0, 0.1) is 0 Å². The minimum atomic E-state index is 0.412. The summed E-state index contributed by atoms with van der Waals surface area (Å²) in [5.74, 6) is 0.824. The van der Waals surface area contributed by atoms with E-state index in [0.717, 1.165) is 105 Å². The van der Waals surface area contributed by atoms with Gasteiger partial charge >= 0.3 is 0 Å². The lowest BCUT2D eigenvalue weighted by molar-refractivity contribution is 0.668. The van der Waals surface area contributed by atoms with Crippen LogP contribution in [0.1, 0.15) is 63.1 Å². The van der Waals surface area contributed by atoms with E-state index in [9.17, 15) is 0 Å². The first-order valence-corrected chi connectivity index (χ1v) is 27.9. The standard InChI is InChI=1S/C75H57N3O2/c1-7-9-16-47(8-2)54-41-65-63-39-50-29-35-57(76(55-31-25-48(26-32-55)45(3)4)67-21-14-19-61-59-17-10-12-23-71(59)79-74(61)67)37-52(50)43-69(63)78-70-44-53-38-58(36-30-51(53)40-64(70)66(42-54)73(65)78)77(56-33-27-49(28-34-56)46(5)6)68-22-15-20-62-60-18-11-13-24-72(60)80-75(62)68/h7-46H,1H2,2-6H3/b16-9-,47-8+. The molecule has 384 valence electrons. The zero-order chi connectivity index (χ0) is 53.9. The molecule has 4 heterocycles. The first kappa shape index (κ1) is 47.4. The first-order chi connectivity index (χ1) is 39.2. The number of rotatable bonds is 11. The fourth-order valence-electron chi connectivity index (χ4n) is 12.7. The first-order valence-electron chi connectivity index (χ1n) is 27.9. The van der Waals surface area contributed by atoms with Crippen LogP contribution in [0.15, 0.2) is 246 Å². The molecular formula is C75H57N3O2. The number of nitrogens with zero attached hydrogens (tertiary/aromatic N) is 3. The maximum absolute atomic E-state index is 6.75. The van der Waals surface area contributed by atoms with Gasteiger partial charge < -0.3 is 23.0 Å². The average Bonchev–Trinajstić information content (AvgIpc) is 3.98. The average molecular weight is 1030 g/mol. The summed E-state index contributed by atoms with van der Waals surface area (Å²) in [5, 5.41) is 13.9. The normalized spacial score (nSPS) is 12.6. The van der Waals surface area contributed by atoms with E-state index in [2.05, 4.69) is 262 Å². The summed E-state index contributed by atoms with van der Waals surface area (Å²) in [7, 11) is 0. The third kappa shape index (κ3) is 7.38. The molecule has 0 aliphatic rings. The molecule has 0 saturated carbocycles. The van der Waals surface area contributed by atoms with Crippen LogP contribution in [0.5, 0.6) is 0 Å². The molecule has 0 amide bonds. The number of furan rings is 2. The molecule has 0 saturated heterocycles. The molecule has 4 aromatic heterocycles. The maximum Gasteiger partial charge on any atom is 0.159 e. The van der Waals surface area contributed by atoms with E-state index in [-0.39, 0.29) is 0 Å². The third-order valence-electron chi connectivity index (χ3n) is 16.7. The maximum atomic E-state index is 6.75. The van der Waals surface area contributed by atoms with Gasteiger partial charge in [-0.1, -0.05) is 156 Å². The number of benzene rings is 11. The number of hydrogen-bond acceptors (Lipinski definition) is 4. The smallest absolute Gasteiger partial charge is 0.159 e. The summed E-state index contributed by atoms with van der Waals surface area (Å²) in [6.45, 7) is 15.1. The van der Waals surface area contributed by atoms with E-state index in [4.69, 9.17) is 8.83 Å². The molecule has 80 heavy (non-hydrogen) atoms. The van der Waals surface area contributed by atoms with E-state index < -0.39 is 0 Å². The van der Waals surface area contributed by atoms with Crippen LogP contribution in [-0.2, 0) is 0 Å². The van der Waals surface area contributed by atoms with Gasteiger partial charge in [0.25, 0.3) is 0 Å². The van der Waals surface area contributed by atoms with Crippen molar-refractivity contribution in [2.24, 2.45) is 0 Å². The van der Waals surface area contributed by atoms with Crippen molar-refractivity contribution in [3.63, 3.8) is 0 Å². The molecule has 0 unspecified atom stereocenters. The quantitative estimate of drug-likeness (QED) is 0.121. The lowest BCUT2D eigenvalue weighted by atomic mass is 9.97. The molecule has 15 aromatic rings. The highest BCUT2D eigenvalue weighted by Crippen LogP contribution is 2.48. The molecule has 0 atom stereocenters. The molecule has 11 aromatic carbocycles. The second kappa shape index (κ2) is 18.4. The Morgan fingerprint density at radius 3 is 1.34 bits per heavy atom. The minimum absolute atomic E-state index is 0.412. The second-order valence-corrected chi connectivity index (χ2v) is 22.1. The molecule has 15 rings (SSSR count). The highest BCUT2D eigenvalue weighted by Gasteiger charge is 2.25. The van der Waals surface area contributed by atoms with Crippen molar-refractivity contribution in [3.05, 3.63) is 254 Å². The van der Waals surface area contributed by atoms with Gasteiger partial charge in [-0.2, -0.15) is 0 Å². The predicted octanol–water partition coefficient (Wildman–Crippen LogP) is 22.3. The lowest BCUT2D eigenvalue weighted by Gasteiger charge is -2.26. The predicted molar refractivity (Wildman–Crippen MR) is 341 cm³/mol. The summed E-state index contributed by atoms with van der Waals surface area (Å²) < 4.78 is 16.0. The Morgan fingerprint density at radius 1 is 0.438 bits per heavy atom. The van der Waals surface area contributed by atoms with Crippen molar-refractivity contribution in [1.82, 2.24) is 4.40 Å². The van der Waals surface area contributed by atoms with Gasteiger partial charge in [0.05, 0.1) is 27.9 Å². The molecule has 0 bridgehead atoms. The molecule has 0 N–H and O–H groups in total. The number of para-hydroxylation sites is 4. The fraction of sp³-hybridized carbons (Fsp3) is 0.0933. The molecule has 5 heteroatoms. The Labute approximate surface area is 464 Å². The Kier molecular flexibility index (Phi) is 10.9.